The first kappa shape index (κ1) is 24.3. The highest BCUT2D eigenvalue weighted by Crippen LogP contribution is 2.25. The Morgan fingerprint density at radius 1 is 1.30 bits per heavy atom. The lowest BCUT2D eigenvalue weighted by Gasteiger charge is -2.21. The number of pyridine rings is 1. The van der Waals surface area contributed by atoms with Gasteiger partial charge in [-0.05, 0) is 49.7 Å². The number of aliphatic imine (C=N–C) groups is 1. The summed E-state index contributed by atoms with van der Waals surface area (Å²) in [6.07, 6.45) is 2.74. The second-order valence-corrected chi connectivity index (χ2v) is 7.35. The van der Waals surface area contributed by atoms with Crippen LogP contribution < -0.4 is 25.0 Å². The van der Waals surface area contributed by atoms with Crippen molar-refractivity contribution < 1.29 is 9.47 Å². The number of nitrogens with one attached hydrogen (secondary N) is 2. The van der Waals surface area contributed by atoms with Crippen LogP contribution in [0, 0.1) is 0 Å². The van der Waals surface area contributed by atoms with E-state index in [1.807, 2.05) is 43.3 Å². The molecule has 1 aliphatic rings. The Kier molecular flexibility index (Phi) is 9.77. The highest BCUT2D eigenvalue weighted by molar-refractivity contribution is 14.0. The van der Waals surface area contributed by atoms with E-state index in [1.54, 1.807) is 20.4 Å². The lowest BCUT2D eigenvalue weighted by molar-refractivity contribution is 0.223. The van der Waals surface area contributed by atoms with Gasteiger partial charge in [0, 0.05) is 32.4 Å². The molecule has 2 heterocycles. The van der Waals surface area contributed by atoms with E-state index in [-0.39, 0.29) is 36.1 Å². The predicted octanol–water partition coefficient (Wildman–Crippen LogP) is 3.57. The molecule has 1 saturated heterocycles. The highest BCUT2D eigenvalue weighted by atomic mass is 127. The van der Waals surface area contributed by atoms with Gasteiger partial charge >= 0.3 is 0 Å². The summed E-state index contributed by atoms with van der Waals surface area (Å²) in [5.41, 5.74) is 0. The van der Waals surface area contributed by atoms with Crippen LogP contribution in [0.5, 0.6) is 11.5 Å². The van der Waals surface area contributed by atoms with Crippen LogP contribution in [0.25, 0.3) is 0 Å². The molecule has 0 radical (unpaired) electrons. The maximum Gasteiger partial charge on any atom is 0.191 e. The summed E-state index contributed by atoms with van der Waals surface area (Å²) >= 11 is 6.27. The average molecular weight is 546 g/mol. The maximum absolute atomic E-state index is 6.27. The fraction of sp³-hybridized carbons (Fsp3) is 0.429. The van der Waals surface area contributed by atoms with Gasteiger partial charge < -0.3 is 25.0 Å². The van der Waals surface area contributed by atoms with Crippen molar-refractivity contribution in [3.8, 4) is 11.5 Å². The fourth-order valence-electron chi connectivity index (χ4n) is 3.24. The third-order valence-electron chi connectivity index (χ3n) is 4.74. The number of anilines is 1. The molecule has 0 saturated carbocycles. The molecular formula is C21H29ClIN5O2. The number of aromatic nitrogens is 1. The molecule has 0 aliphatic carbocycles. The Hall–Kier alpha value is -1.94. The summed E-state index contributed by atoms with van der Waals surface area (Å²) in [4.78, 5) is 10.9. The lowest BCUT2D eigenvalue weighted by atomic mass is 10.3. The Morgan fingerprint density at radius 3 is 2.70 bits per heavy atom. The molecule has 1 aliphatic heterocycles. The van der Waals surface area contributed by atoms with Gasteiger partial charge in [-0.15, -0.1) is 24.0 Å². The Balaban J connectivity index is 0.00000320. The van der Waals surface area contributed by atoms with Crippen LogP contribution in [-0.4, -0.2) is 56.9 Å². The number of ether oxygens (including phenoxy) is 2. The second-order valence-electron chi connectivity index (χ2n) is 6.94. The molecule has 1 aromatic heterocycles. The van der Waals surface area contributed by atoms with Crippen molar-refractivity contribution in [1.82, 2.24) is 15.6 Å². The normalized spacial score (nSPS) is 17.1. The summed E-state index contributed by atoms with van der Waals surface area (Å²) in [6.45, 7) is 4.39. The average Bonchev–Trinajstić information content (AvgIpc) is 3.20. The summed E-state index contributed by atoms with van der Waals surface area (Å²) in [7, 11) is 3.42. The van der Waals surface area contributed by atoms with Gasteiger partial charge in [-0.1, -0.05) is 11.6 Å². The van der Waals surface area contributed by atoms with Gasteiger partial charge in [-0.3, -0.25) is 4.99 Å². The van der Waals surface area contributed by atoms with Gasteiger partial charge in [0.1, 0.15) is 23.4 Å². The van der Waals surface area contributed by atoms with E-state index in [1.165, 1.54) is 0 Å². The van der Waals surface area contributed by atoms with Crippen LogP contribution in [-0.2, 0) is 0 Å². The summed E-state index contributed by atoms with van der Waals surface area (Å²) in [5, 5.41) is 7.49. The first-order valence-electron chi connectivity index (χ1n) is 9.72. The van der Waals surface area contributed by atoms with Crippen molar-refractivity contribution in [1.29, 1.82) is 0 Å². The van der Waals surface area contributed by atoms with E-state index in [0.29, 0.717) is 11.6 Å². The molecule has 2 aromatic rings. The maximum atomic E-state index is 6.27. The van der Waals surface area contributed by atoms with Gasteiger partial charge in [0.05, 0.1) is 18.7 Å². The zero-order valence-corrected chi connectivity index (χ0v) is 20.6. The smallest absolute Gasteiger partial charge is 0.191 e. The number of hydrogen-bond donors (Lipinski definition) is 2. The Bertz CT molecular complexity index is 821. The zero-order valence-electron chi connectivity index (χ0n) is 17.5. The van der Waals surface area contributed by atoms with Crippen LogP contribution in [0.3, 0.4) is 0 Å². The van der Waals surface area contributed by atoms with Gasteiger partial charge in [0.25, 0.3) is 0 Å². The molecule has 2 atom stereocenters. The summed E-state index contributed by atoms with van der Waals surface area (Å²) in [5.74, 6) is 3.21. The van der Waals surface area contributed by atoms with Gasteiger partial charge in [-0.25, -0.2) is 4.98 Å². The minimum atomic E-state index is -0.0191. The standard InChI is InChI=1S/C21H28ClN5O2.HI/c1-15(29-18-8-6-17(28-3)7-9-18)13-25-21(23-2)26-16-10-12-27(14-16)20-19(22)5-4-11-24-20;/h4-9,11,15-16H,10,12-14H2,1-3H3,(H2,23,25,26);1H. The molecule has 30 heavy (non-hydrogen) atoms. The van der Waals surface area contributed by atoms with Crippen LogP contribution in [0.4, 0.5) is 5.82 Å². The Morgan fingerprint density at radius 2 is 2.03 bits per heavy atom. The monoisotopic (exact) mass is 545 g/mol. The molecule has 0 bridgehead atoms. The van der Waals surface area contributed by atoms with E-state index in [9.17, 15) is 0 Å². The Labute approximate surface area is 200 Å². The first-order valence-corrected chi connectivity index (χ1v) is 10.1. The zero-order chi connectivity index (χ0) is 20.6. The molecule has 3 rings (SSSR count). The lowest BCUT2D eigenvalue weighted by Crippen LogP contribution is -2.47. The highest BCUT2D eigenvalue weighted by Gasteiger charge is 2.25. The molecule has 2 N–H and O–H groups in total. The second kappa shape index (κ2) is 12.0. The van der Waals surface area contributed by atoms with Gasteiger partial charge in [0.2, 0.25) is 0 Å². The van der Waals surface area contributed by atoms with Crippen LogP contribution in [0.15, 0.2) is 47.6 Å². The molecular weight excluding hydrogens is 517 g/mol. The quantitative estimate of drug-likeness (QED) is 0.315. The van der Waals surface area contributed by atoms with E-state index in [4.69, 9.17) is 21.1 Å². The van der Waals surface area contributed by atoms with Crippen molar-refractivity contribution in [2.45, 2.75) is 25.5 Å². The number of hydrogen-bond acceptors (Lipinski definition) is 5. The van der Waals surface area contributed by atoms with Crippen molar-refractivity contribution in [2.75, 3.05) is 38.7 Å². The third-order valence-corrected chi connectivity index (χ3v) is 5.04. The largest absolute Gasteiger partial charge is 0.497 e. The van der Waals surface area contributed by atoms with Crippen LogP contribution >= 0.6 is 35.6 Å². The third kappa shape index (κ3) is 6.80. The summed E-state index contributed by atoms with van der Waals surface area (Å²) < 4.78 is 11.1. The van der Waals surface area contributed by atoms with E-state index in [2.05, 4.69) is 25.5 Å². The van der Waals surface area contributed by atoms with Gasteiger partial charge in [-0.2, -0.15) is 0 Å². The van der Waals surface area contributed by atoms with Crippen LogP contribution in [0.2, 0.25) is 5.02 Å². The number of nitrogens with zero attached hydrogens (tertiary/aromatic N) is 3. The van der Waals surface area contributed by atoms with Crippen LogP contribution in [0.1, 0.15) is 13.3 Å². The number of benzene rings is 1. The fourth-order valence-corrected chi connectivity index (χ4v) is 3.48. The topological polar surface area (TPSA) is 71.0 Å². The number of rotatable bonds is 7. The molecule has 7 nitrogen and oxygen atoms in total. The van der Waals surface area contributed by atoms with Crippen molar-refractivity contribution in [3.05, 3.63) is 47.6 Å². The van der Waals surface area contributed by atoms with Crippen molar-refractivity contribution in [2.24, 2.45) is 4.99 Å². The predicted molar refractivity (Wildman–Crippen MR) is 133 cm³/mol. The minimum Gasteiger partial charge on any atom is -0.497 e. The first-order chi connectivity index (χ1) is 14.1. The van der Waals surface area contributed by atoms with E-state index in [0.717, 1.165) is 42.8 Å². The molecule has 164 valence electrons. The molecule has 0 amide bonds. The number of halogens is 2. The minimum absolute atomic E-state index is 0. The number of guanidine groups is 1. The SMILES string of the molecule is CN=C(NCC(C)Oc1ccc(OC)cc1)NC1CCN(c2ncccc2Cl)C1.I. The molecule has 2 unspecified atom stereocenters. The van der Waals surface area contributed by atoms with E-state index >= 15 is 0 Å². The molecule has 9 heteroatoms. The van der Waals surface area contributed by atoms with Crippen molar-refractivity contribution in [3.63, 3.8) is 0 Å². The number of methoxy groups -OCH3 is 1. The van der Waals surface area contributed by atoms with Crippen molar-refractivity contribution >= 4 is 47.4 Å². The molecule has 1 aromatic carbocycles. The molecule has 0 spiro atoms. The van der Waals surface area contributed by atoms with Gasteiger partial charge in [0.15, 0.2) is 5.96 Å². The molecule has 1 fully saturated rings. The summed E-state index contributed by atoms with van der Waals surface area (Å²) in [6, 6.07) is 11.6. The van der Waals surface area contributed by atoms with E-state index < -0.39 is 0 Å².